The number of fused-ring (bicyclic) bond motifs is 1. The third kappa shape index (κ3) is 1.81. The van der Waals surface area contributed by atoms with Crippen LogP contribution in [0.15, 0.2) is 40.9 Å². The minimum Gasteiger partial charge on any atom is -0.316 e. The fourth-order valence-electron chi connectivity index (χ4n) is 1.60. The number of halogens is 1. The van der Waals surface area contributed by atoms with Crippen molar-refractivity contribution in [3.8, 4) is 0 Å². The summed E-state index contributed by atoms with van der Waals surface area (Å²) in [6.07, 6.45) is 0. The molecule has 0 atom stereocenters. The number of nitrogens with one attached hydrogen (secondary N) is 1. The molecule has 2 aromatic carbocycles. The largest absolute Gasteiger partial charge is 0.316 e. The Kier molecular flexibility index (Phi) is 2.85. The van der Waals surface area contributed by atoms with Crippen LogP contribution >= 0.6 is 15.9 Å². The van der Waals surface area contributed by atoms with Crippen LogP contribution in [0.3, 0.4) is 0 Å². The topological polar surface area (TPSA) is 12.0 Å². The smallest absolute Gasteiger partial charge is 0.0253 e. The van der Waals surface area contributed by atoms with Gasteiger partial charge in [0.2, 0.25) is 0 Å². The molecule has 0 bridgehead atoms. The van der Waals surface area contributed by atoms with Crippen LogP contribution in [0.25, 0.3) is 10.8 Å². The Hall–Kier alpha value is -0.860. The van der Waals surface area contributed by atoms with Gasteiger partial charge in [0.25, 0.3) is 0 Å². The summed E-state index contributed by atoms with van der Waals surface area (Å²) in [6, 6.07) is 12.8. The molecule has 0 aliphatic rings. The molecule has 0 radical (unpaired) electrons. The van der Waals surface area contributed by atoms with E-state index in [2.05, 4.69) is 57.6 Å². The van der Waals surface area contributed by atoms with Crippen molar-refractivity contribution in [2.45, 2.75) is 6.54 Å². The Morgan fingerprint density at radius 3 is 2.86 bits per heavy atom. The van der Waals surface area contributed by atoms with E-state index in [4.69, 9.17) is 0 Å². The maximum atomic E-state index is 3.56. The third-order valence-electron chi connectivity index (χ3n) is 2.27. The van der Waals surface area contributed by atoms with Crippen LogP contribution in [-0.2, 0) is 6.54 Å². The van der Waals surface area contributed by atoms with E-state index in [1.807, 2.05) is 7.05 Å². The van der Waals surface area contributed by atoms with E-state index in [1.165, 1.54) is 16.3 Å². The highest BCUT2D eigenvalue weighted by atomic mass is 79.9. The van der Waals surface area contributed by atoms with Gasteiger partial charge in [0.15, 0.2) is 0 Å². The van der Waals surface area contributed by atoms with Crippen molar-refractivity contribution in [1.29, 1.82) is 0 Å². The monoisotopic (exact) mass is 249 g/mol. The summed E-state index contributed by atoms with van der Waals surface area (Å²) < 4.78 is 1.16. The fraction of sp³-hybridized carbons (Fsp3) is 0.167. The molecule has 0 fully saturated rings. The molecule has 0 amide bonds. The highest BCUT2D eigenvalue weighted by molar-refractivity contribution is 9.10. The molecule has 14 heavy (non-hydrogen) atoms. The van der Waals surface area contributed by atoms with Gasteiger partial charge in [0, 0.05) is 11.0 Å². The lowest BCUT2D eigenvalue weighted by molar-refractivity contribution is 0.819. The van der Waals surface area contributed by atoms with Crippen molar-refractivity contribution in [3.05, 3.63) is 46.4 Å². The molecule has 0 aliphatic heterocycles. The normalized spacial score (nSPS) is 10.7. The van der Waals surface area contributed by atoms with Crippen molar-refractivity contribution in [2.24, 2.45) is 0 Å². The first-order chi connectivity index (χ1) is 6.81. The zero-order chi connectivity index (χ0) is 9.97. The molecule has 2 heteroatoms. The van der Waals surface area contributed by atoms with E-state index in [9.17, 15) is 0 Å². The zero-order valence-corrected chi connectivity index (χ0v) is 9.64. The van der Waals surface area contributed by atoms with Crippen LogP contribution in [0.2, 0.25) is 0 Å². The fourth-order valence-corrected chi connectivity index (χ4v) is 2.09. The first-order valence-corrected chi connectivity index (χ1v) is 5.42. The molecular formula is C12H12BrN. The van der Waals surface area contributed by atoms with E-state index in [0.717, 1.165) is 11.0 Å². The van der Waals surface area contributed by atoms with Crippen LogP contribution in [-0.4, -0.2) is 7.05 Å². The average molecular weight is 250 g/mol. The Morgan fingerprint density at radius 1 is 1.21 bits per heavy atom. The molecule has 2 rings (SSSR count). The summed E-state index contributed by atoms with van der Waals surface area (Å²) in [5, 5.41) is 5.71. The summed E-state index contributed by atoms with van der Waals surface area (Å²) >= 11 is 3.56. The molecule has 1 nitrogen and oxygen atoms in total. The molecule has 1 N–H and O–H groups in total. The van der Waals surface area contributed by atoms with Crippen LogP contribution < -0.4 is 5.32 Å². The highest BCUT2D eigenvalue weighted by Crippen LogP contribution is 2.24. The molecule has 0 saturated heterocycles. The average Bonchev–Trinajstić information content (AvgIpc) is 2.20. The SMILES string of the molecule is CNCc1ccc2cccc(Br)c2c1. The molecule has 0 aliphatic carbocycles. The summed E-state index contributed by atoms with van der Waals surface area (Å²) in [4.78, 5) is 0. The van der Waals surface area contributed by atoms with Crippen LogP contribution in [0, 0.1) is 0 Å². The molecule has 0 unspecified atom stereocenters. The second-order valence-corrected chi connectivity index (χ2v) is 4.18. The summed E-state index contributed by atoms with van der Waals surface area (Å²) in [7, 11) is 1.96. The van der Waals surface area contributed by atoms with Gasteiger partial charge in [-0.1, -0.05) is 40.2 Å². The molecule has 0 aromatic heterocycles. The zero-order valence-electron chi connectivity index (χ0n) is 8.05. The highest BCUT2D eigenvalue weighted by Gasteiger charge is 1.98. The molecule has 0 heterocycles. The first-order valence-electron chi connectivity index (χ1n) is 4.63. The van der Waals surface area contributed by atoms with E-state index in [0.29, 0.717) is 0 Å². The Morgan fingerprint density at radius 2 is 2.07 bits per heavy atom. The van der Waals surface area contributed by atoms with Gasteiger partial charge in [0.1, 0.15) is 0 Å². The predicted molar refractivity (Wildman–Crippen MR) is 64.4 cm³/mol. The molecule has 72 valence electrons. The van der Waals surface area contributed by atoms with Crippen LogP contribution in [0.5, 0.6) is 0 Å². The van der Waals surface area contributed by atoms with Crippen LogP contribution in [0.4, 0.5) is 0 Å². The Bertz CT molecular complexity index is 451. The summed E-state index contributed by atoms with van der Waals surface area (Å²) in [5.74, 6) is 0. The minimum absolute atomic E-state index is 0.914. The Labute approximate surface area is 92.3 Å². The Balaban J connectivity index is 2.58. The van der Waals surface area contributed by atoms with Gasteiger partial charge in [-0.3, -0.25) is 0 Å². The van der Waals surface area contributed by atoms with Crippen molar-refractivity contribution in [2.75, 3.05) is 7.05 Å². The number of rotatable bonds is 2. The molecule has 2 aromatic rings. The standard InChI is InChI=1S/C12H12BrN/c1-14-8-9-5-6-10-3-2-4-12(13)11(10)7-9/h2-7,14H,8H2,1H3. The predicted octanol–water partition coefficient (Wildman–Crippen LogP) is 3.32. The van der Waals surface area contributed by atoms with Crippen molar-refractivity contribution in [1.82, 2.24) is 5.32 Å². The lowest BCUT2D eigenvalue weighted by Gasteiger charge is -2.04. The second-order valence-electron chi connectivity index (χ2n) is 3.33. The van der Waals surface area contributed by atoms with E-state index in [-0.39, 0.29) is 0 Å². The van der Waals surface area contributed by atoms with Crippen LogP contribution in [0.1, 0.15) is 5.56 Å². The molecular weight excluding hydrogens is 238 g/mol. The second kappa shape index (κ2) is 4.11. The lowest BCUT2D eigenvalue weighted by atomic mass is 10.1. The quantitative estimate of drug-likeness (QED) is 0.862. The van der Waals surface area contributed by atoms with Gasteiger partial charge in [-0.15, -0.1) is 0 Å². The van der Waals surface area contributed by atoms with Gasteiger partial charge in [-0.2, -0.15) is 0 Å². The molecule has 0 saturated carbocycles. The van der Waals surface area contributed by atoms with Gasteiger partial charge < -0.3 is 5.32 Å². The maximum Gasteiger partial charge on any atom is 0.0253 e. The van der Waals surface area contributed by atoms with Crippen molar-refractivity contribution < 1.29 is 0 Å². The lowest BCUT2D eigenvalue weighted by Crippen LogP contribution is -2.04. The van der Waals surface area contributed by atoms with Gasteiger partial charge in [0.05, 0.1) is 0 Å². The van der Waals surface area contributed by atoms with E-state index >= 15 is 0 Å². The van der Waals surface area contributed by atoms with Gasteiger partial charge >= 0.3 is 0 Å². The third-order valence-corrected chi connectivity index (χ3v) is 2.97. The minimum atomic E-state index is 0.914. The van der Waals surface area contributed by atoms with E-state index in [1.54, 1.807) is 0 Å². The van der Waals surface area contributed by atoms with Gasteiger partial charge in [-0.05, 0) is 35.5 Å². The molecule has 0 spiro atoms. The van der Waals surface area contributed by atoms with Crippen molar-refractivity contribution in [3.63, 3.8) is 0 Å². The summed E-state index contributed by atoms with van der Waals surface area (Å²) in [5.41, 5.74) is 1.31. The summed E-state index contributed by atoms with van der Waals surface area (Å²) in [6.45, 7) is 0.914. The first kappa shape index (κ1) is 9.69. The van der Waals surface area contributed by atoms with Crippen molar-refractivity contribution >= 4 is 26.7 Å². The number of hydrogen-bond acceptors (Lipinski definition) is 1. The van der Waals surface area contributed by atoms with Gasteiger partial charge in [-0.25, -0.2) is 0 Å². The number of benzene rings is 2. The number of hydrogen-bond donors (Lipinski definition) is 1. The maximum absolute atomic E-state index is 3.56. The van der Waals surface area contributed by atoms with E-state index < -0.39 is 0 Å².